The van der Waals surface area contributed by atoms with Crippen molar-refractivity contribution in [3.8, 4) is 0 Å². The number of hydrogen-bond acceptors (Lipinski definition) is 4. The molecule has 3 heterocycles. The van der Waals surface area contributed by atoms with Crippen molar-refractivity contribution in [1.82, 2.24) is 15.0 Å². The molecule has 7 heteroatoms. The Hall–Kier alpha value is -1.76. The number of aromatic nitrogens is 3. The zero-order chi connectivity index (χ0) is 15.5. The molecule has 2 aromatic heterocycles. The van der Waals surface area contributed by atoms with Crippen molar-refractivity contribution in [3.63, 3.8) is 0 Å². The molecule has 0 radical (unpaired) electrons. The molecule has 1 fully saturated rings. The maximum Gasteiger partial charge on any atom is 0.345 e. The van der Waals surface area contributed by atoms with Crippen LogP contribution in [0.5, 0.6) is 0 Å². The van der Waals surface area contributed by atoms with E-state index in [1.165, 1.54) is 5.56 Å². The van der Waals surface area contributed by atoms with Crippen molar-refractivity contribution in [2.24, 2.45) is 5.92 Å². The topological polar surface area (TPSA) is 54.0 Å². The second-order valence-electron chi connectivity index (χ2n) is 5.61. The van der Waals surface area contributed by atoms with Crippen LogP contribution in [0.15, 0.2) is 12.5 Å². The van der Waals surface area contributed by atoms with Crippen LogP contribution in [0.25, 0.3) is 11.0 Å². The molecule has 120 valence electrons. The summed E-state index contributed by atoms with van der Waals surface area (Å²) in [6, 6.07) is 0. The number of fused-ring (bicyclic) bond motifs is 1. The van der Waals surface area contributed by atoms with Crippen LogP contribution in [0.1, 0.15) is 25.3 Å². The van der Waals surface area contributed by atoms with Crippen LogP contribution in [0.3, 0.4) is 0 Å². The van der Waals surface area contributed by atoms with Gasteiger partial charge in [0.15, 0.2) is 0 Å². The third-order valence-electron chi connectivity index (χ3n) is 4.28. The highest BCUT2D eigenvalue weighted by atomic mass is 19.3. The molecular formula is C15H20F2N4O. The first kappa shape index (κ1) is 15.1. The van der Waals surface area contributed by atoms with Gasteiger partial charge in [0, 0.05) is 19.3 Å². The largest absolute Gasteiger partial charge is 0.356 e. The van der Waals surface area contributed by atoms with Crippen molar-refractivity contribution in [2.75, 3.05) is 24.6 Å². The van der Waals surface area contributed by atoms with Crippen molar-refractivity contribution < 1.29 is 13.5 Å². The van der Waals surface area contributed by atoms with Gasteiger partial charge >= 0.3 is 6.61 Å². The van der Waals surface area contributed by atoms with E-state index in [-0.39, 0.29) is 12.5 Å². The quantitative estimate of drug-likeness (QED) is 0.922. The van der Waals surface area contributed by atoms with Gasteiger partial charge in [-0.15, -0.1) is 0 Å². The van der Waals surface area contributed by atoms with Crippen molar-refractivity contribution in [2.45, 2.75) is 32.8 Å². The summed E-state index contributed by atoms with van der Waals surface area (Å²) in [5, 5.41) is 1.08. The summed E-state index contributed by atoms with van der Waals surface area (Å²) < 4.78 is 28.6. The minimum atomic E-state index is -2.67. The molecule has 0 spiro atoms. The normalized spacial score (nSPS) is 16.8. The fourth-order valence-electron chi connectivity index (χ4n) is 3.05. The predicted molar refractivity (Wildman–Crippen MR) is 80.2 cm³/mol. The van der Waals surface area contributed by atoms with Gasteiger partial charge in [-0.1, -0.05) is 6.92 Å². The van der Waals surface area contributed by atoms with Gasteiger partial charge in [0.2, 0.25) is 0 Å². The van der Waals surface area contributed by atoms with Crippen molar-refractivity contribution in [3.05, 3.63) is 18.1 Å². The van der Waals surface area contributed by atoms with Gasteiger partial charge in [0.25, 0.3) is 0 Å². The Morgan fingerprint density at radius 3 is 2.82 bits per heavy atom. The molecule has 0 aliphatic carbocycles. The highest BCUT2D eigenvalue weighted by Crippen LogP contribution is 2.30. The van der Waals surface area contributed by atoms with Gasteiger partial charge in [-0.05, 0) is 30.7 Å². The molecule has 1 saturated heterocycles. The third-order valence-corrected chi connectivity index (χ3v) is 4.28. The predicted octanol–water partition coefficient (Wildman–Crippen LogP) is 2.98. The maximum atomic E-state index is 12.1. The lowest BCUT2D eigenvalue weighted by atomic mass is 9.97. The van der Waals surface area contributed by atoms with E-state index in [1.54, 1.807) is 6.33 Å². The van der Waals surface area contributed by atoms with E-state index < -0.39 is 6.61 Å². The van der Waals surface area contributed by atoms with Crippen LogP contribution in [0, 0.1) is 5.92 Å². The lowest BCUT2D eigenvalue weighted by molar-refractivity contribution is -0.139. The smallest absolute Gasteiger partial charge is 0.345 e. The number of ether oxygens (including phenoxy) is 1. The second-order valence-corrected chi connectivity index (χ2v) is 5.61. The molecule has 0 amide bonds. The fourth-order valence-corrected chi connectivity index (χ4v) is 3.05. The molecule has 2 aromatic rings. The molecule has 5 nitrogen and oxygen atoms in total. The standard InChI is InChI=1S/C15H20F2N4O/c1-2-11-7-18-13-12(11)14(20-9-19-13)21-5-3-10(4-6-21)8-22-15(16)17/h7,9-10,15H,2-6,8H2,1H3,(H,18,19,20). The highest BCUT2D eigenvalue weighted by Gasteiger charge is 2.23. The number of nitrogens with one attached hydrogen (secondary N) is 1. The molecule has 22 heavy (non-hydrogen) atoms. The van der Waals surface area contributed by atoms with Gasteiger partial charge in [-0.3, -0.25) is 0 Å². The number of nitrogens with zero attached hydrogens (tertiary/aromatic N) is 3. The van der Waals surface area contributed by atoms with E-state index in [9.17, 15) is 8.78 Å². The van der Waals surface area contributed by atoms with Gasteiger partial charge in [-0.2, -0.15) is 8.78 Å². The third kappa shape index (κ3) is 3.04. The van der Waals surface area contributed by atoms with E-state index in [2.05, 4.69) is 31.5 Å². The number of rotatable bonds is 5. The molecule has 0 aromatic carbocycles. The summed E-state index contributed by atoms with van der Waals surface area (Å²) in [5.41, 5.74) is 2.05. The van der Waals surface area contributed by atoms with E-state index in [0.29, 0.717) is 0 Å². The van der Waals surface area contributed by atoms with Crippen LogP contribution in [0.2, 0.25) is 0 Å². The van der Waals surface area contributed by atoms with Crippen LogP contribution >= 0.6 is 0 Å². The van der Waals surface area contributed by atoms with Crippen LogP contribution in [0.4, 0.5) is 14.6 Å². The number of halogens is 2. The first-order chi connectivity index (χ1) is 10.7. The summed E-state index contributed by atoms with van der Waals surface area (Å²) in [4.78, 5) is 14.1. The number of hydrogen-bond donors (Lipinski definition) is 1. The van der Waals surface area contributed by atoms with Gasteiger partial charge in [-0.25, -0.2) is 9.97 Å². The summed E-state index contributed by atoms with van der Waals surface area (Å²) in [6.07, 6.45) is 6.14. The van der Waals surface area contributed by atoms with Gasteiger partial charge in [0.05, 0.1) is 12.0 Å². The Bertz CT molecular complexity index is 623. The zero-order valence-corrected chi connectivity index (χ0v) is 12.6. The lowest BCUT2D eigenvalue weighted by Crippen LogP contribution is -2.36. The summed E-state index contributed by atoms with van der Waals surface area (Å²) in [7, 11) is 0. The summed E-state index contributed by atoms with van der Waals surface area (Å²) in [5.74, 6) is 1.13. The molecule has 0 bridgehead atoms. The van der Waals surface area contributed by atoms with E-state index in [4.69, 9.17) is 0 Å². The Kier molecular flexibility index (Phi) is 4.52. The van der Waals surface area contributed by atoms with E-state index in [0.717, 1.165) is 49.2 Å². The number of anilines is 1. The van der Waals surface area contributed by atoms with Crippen molar-refractivity contribution >= 4 is 16.9 Å². The molecule has 3 rings (SSSR count). The van der Waals surface area contributed by atoms with Crippen LogP contribution in [-0.4, -0.2) is 41.3 Å². The molecule has 0 unspecified atom stereocenters. The fraction of sp³-hybridized carbons (Fsp3) is 0.600. The Labute approximate surface area is 127 Å². The number of piperidine rings is 1. The highest BCUT2D eigenvalue weighted by molar-refractivity contribution is 5.90. The SMILES string of the molecule is CCc1c[nH]c2ncnc(N3CCC(COC(F)F)CC3)c12. The Balaban J connectivity index is 1.72. The minimum absolute atomic E-state index is 0.134. The number of alkyl halides is 2. The molecular weight excluding hydrogens is 290 g/mol. The van der Waals surface area contributed by atoms with Gasteiger partial charge in [0.1, 0.15) is 17.8 Å². The molecule has 0 saturated carbocycles. The Morgan fingerprint density at radius 2 is 2.14 bits per heavy atom. The van der Waals surface area contributed by atoms with Crippen LogP contribution < -0.4 is 4.90 Å². The van der Waals surface area contributed by atoms with E-state index in [1.807, 2.05) is 6.20 Å². The van der Waals surface area contributed by atoms with E-state index >= 15 is 0 Å². The van der Waals surface area contributed by atoms with Crippen LogP contribution in [-0.2, 0) is 11.2 Å². The summed E-state index contributed by atoms with van der Waals surface area (Å²) in [6.45, 7) is 1.17. The average molecular weight is 310 g/mol. The molecule has 0 atom stereocenters. The number of aromatic amines is 1. The first-order valence-corrected chi connectivity index (χ1v) is 7.64. The second kappa shape index (κ2) is 6.56. The molecule has 1 aliphatic rings. The average Bonchev–Trinajstić information content (AvgIpc) is 2.96. The minimum Gasteiger partial charge on any atom is -0.356 e. The van der Waals surface area contributed by atoms with Crippen molar-refractivity contribution in [1.29, 1.82) is 0 Å². The number of H-pyrrole nitrogens is 1. The van der Waals surface area contributed by atoms with Gasteiger partial charge < -0.3 is 14.6 Å². The number of aryl methyl sites for hydroxylation is 1. The first-order valence-electron chi connectivity index (χ1n) is 7.64. The zero-order valence-electron chi connectivity index (χ0n) is 12.6. The summed E-state index contributed by atoms with van der Waals surface area (Å²) >= 11 is 0. The molecule has 1 N–H and O–H groups in total. The monoisotopic (exact) mass is 310 g/mol. The maximum absolute atomic E-state index is 12.1. The lowest BCUT2D eigenvalue weighted by Gasteiger charge is -2.33. The molecule has 1 aliphatic heterocycles. The Morgan fingerprint density at radius 1 is 1.36 bits per heavy atom.